The monoisotopic (exact) mass is 448 g/mol. The highest BCUT2D eigenvalue weighted by Crippen LogP contribution is 2.37. The highest BCUT2D eigenvalue weighted by Gasteiger charge is 2.27. The Morgan fingerprint density at radius 1 is 1.25 bits per heavy atom. The second-order valence-electron chi connectivity index (χ2n) is 7.88. The molecule has 0 spiro atoms. The number of hydrogen-bond donors (Lipinski definition) is 1. The molecule has 0 saturated heterocycles. The predicted molar refractivity (Wildman–Crippen MR) is 123 cm³/mol. The van der Waals surface area contributed by atoms with Crippen LogP contribution >= 0.6 is 11.3 Å². The first kappa shape index (κ1) is 21.8. The Labute approximate surface area is 190 Å². The van der Waals surface area contributed by atoms with Gasteiger partial charge in [-0.1, -0.05) is 43.2 Å². The minimum atomic E-state index is -0.655. The van der Waals surface area contributed by atoms with Crippen LogP contribution < -0.4 is 5.32 Å². The molecule has 0 bridgehead atoms. The molecule has 1 N–H and O–H groups in total. The number of ether oxygens (including phenoxy) is 1. The van der Waals surface area contributed by atoms with Crippen LogP contribution in [0.1, 0.15) is 59.0 Å². The second kappa shape index (κ2) is 9.37. The van der Waals surface area contributed by atoms with Gasteiger partial charge in [0.2, 0.25) is 0 Å². The third-order valence-corrected chi connectivity index (χ3v) is 6.78. The van der Waals surface area contributed by atoms with Gasteiger partial charge in [0.15, 0.2) is 12.3 Å². The highest BCUT2D eigenvalue weighted by molar-refractivity contribution is 7.13. The fourth-order valence-corrected chi connectivity index (χ4v) is 4.96. The molecule has 1 aromatic carbocycles. The summed E-state index contributed by atoms with van der Waals surface area (Å²) < 4.78 is 7.25. The molecule has 0 unspecified atom stereocenters. The lowest BCUT2D eigenvalue weighted by Gasteiger charge is -2.19. The van der Waals surface area contributed by atoms with Crippen molar-refractivity contribution in [3.8, 4) is 16.6 Å². The highest BCUT2D eigenvalue weighted by atomic mass is 32.1. The molecule has 8 heteroatoms. The number of carbonyl (C=O) groups is 2. The van der Waals surface area contributed by atoms with Gasteiger partial charge < -0.3 is 14.6 Å². The van der Waals surface area contributed by atoms with Crippen molar-refractivity contribution in [1.29, 1.82) is 5.26 Å². The standard InChI is InChI=1S/C24H24N4O3S/c1-15-16(2)28(18-10-6-7-11-18)22(19(15)12-25)27-21(29)13-31-24(30)20-14-32-23(26-20)17-8-4-3-5-9-17/h3-5,8-9,14,18H,6-7,10-11,13H2,1-2H3,(H,27,29). The van der Waals surface area contributed by atoms with Crippen LogP contribution in [0, 0.1) is 25.2 Å². The molecule has 1 fully saturated rings. The number of rotatable bonds is 6. The Hall–Kier alpha value is -3.44. The third-order valence-electron chi connectivity index (χ3n) is 5.88. The first-order chi connectivity index (χ1) is 15.5. The van der Waals surface area contributed by atoms with Crippen LogP contribution in [0.4, 0.5) is 5.82 Å². The molecule has 0 atom stereocenters. The average Bonchev–Trinajstić information content (AvgIpc) is 3.54. The second-order valence-corrected chi connectivity index (χ2v) is 8.74. The predicted octanol–water partition coefficient (Wildman–Crippen LogP) is 5.01. The van der Waals surface area contributed by atoms with Crippen LogP contribution in [0.15, 0.2) is 35.7 Å². The SMILES string of the molecule is Cc1c(C#N)c(NC(=O)COC(=O)c2csc(-c3ccccc3)n2)n(C2CCCC2)c1C. The molecule has 0 aliphatic heterocycles. The van der Waals surface area contributed by atoms with Gasteiger partial charge in [-0.15, -0.1) is 11.3 Å². The summed E-state index contributed by atoms with van der Waals surface area (Å²) in [4.78, 5) is 29.3. The molecule has 32 heavy (non-hydrogen) atoms. The van der Waals surface area contributed by atoms with Gasteiger partial charge in [-0.25, -0.2) is 9.78 Å². The van der Waals surface area contributed by atoms with E-state index in [2.05, 4.69) is 20.9 Å². The van der Waals surface area contributed by atoms with Crippen LogP contribution in [-0.2, 0) is 9.53 Å². The number of nitrogens with one attached hydrogen (secondary N) is 1. The van der Waals surface area contributed by atoms with E-state index >= 15 is 0 Å². The van der Waals surface area contributed by atoms with Gasteiger partial charge in [-0.2, -0.15) is 5.26 Å². The molecular weight excluding hydrogens is 424 g/mol. The number of carbonyl (C=O) groups excluding carboxylic acids is 2. The van der Waals surface area contributed by atoms with E-state index in [0.717, 1.165) is 42.5 Å². The van der Waals surface area contributed by atoms with E-state index in [1.165, 1.54) is 11.3 Å². The maximum Gasteiger partial charge on any atom is 0.358 e. The van der Waals surface area contributed by atoms with E-state index < -0.39 is 18.5 Å². The van der Waals surface area contributed by atoms with E-state index in [0.29, 0.717) is 16.4 Å². The number of benzene rings is 1. The fraction of sp³-hybridized carbons (Fsp3) is 0.333. The molecule has 0 radical (unpaired) electrons. The van der Waals surface area contributed by atoms with Crippen molar-refractivity contribution in [1.82, 2.24) is 9.55 Å². The van der Waals surface area contributed by atoms with Crippen molar-refractivity contribution in [2.45, 2.75) is 45.6 Å². The Bertz CT molecular complexity index is 1180. The average molecular weight is 449 g/mol. The third kappa shape index (κ3) is 4.30. The van der Waals surface area contributed by atoms with E-state index in [9.17, 15) is 14.9 Å². The van der Waals surface area contributed by atoms with Crippen LogP contribution in [0.3, 0.4) is 0 Å². The van der Waals surface area contributed by atoms with Crippen molar-refractivity contribution < 1.29 is 14.3 Å². The van der Waals surface area contributed by atoms with Gasteiger partial charge in [0.25, 0.3) is 5.91 Å². The van der Waals surface area contributed by atoms with Crippen LogP contribution in [-0.4, -0.2) is 28.0 Å². The smallest absolute Gasteiger partial charge is 0.358 e. The quantitative estimate of drug-likeness (QED) is 0.535. The van der Waals surface area contributed by atoms with Crippen LogP contribution in [0.5, 0.6) is 0 Å². The largest absolute Gasteiger partial charge is 0.451 e. The normalized spacial score (nSPS) is 13.7. The zero-order valence-corrected chi connectivity index (χ0v) is 18.9. The number of nitrogens with zero attached hydrogens (tertiary/aromatic N) is 3. The molecule has 2 heterocycles. The molecule has 1 aliphatic carbocycles. The van der Waals surface area contributed by atoms with Crippen molar-refractivity contribution in [2.75, 3.05) is 11.9 Å². The lowest BCUT2D eigenvalue weighted by molar-refractivity contribution is -0.119. The summed E-state index contributed by atoms with van der Waals surface area (Å²) in [6, 6.07) is 12.0. The molecule has 1 amide bonds. The Morgan fingerprint density at radius 3 is 2.66 bits per heavy atom. The van der Waals surface area contributed by atoms with Gasteiger partial charge in [0.05, 0.1) is 5.56 Å². The first-order valence-corrected chi connectivity index (χ1v) is 11.5. The molecule has 1 saturated carbocycles. The molecule has 3 aromatic rings. The first-order valence-electron chi connectivity index (χ1n) is 10.6. The summed E-state index contributed by atoms with van der Waals surface area (Å²) in [5, 5.41) is 14.8. The molecule has 164 valence electrons. The molecule has 7 nitrogen and oxygen atoms in total. The van der Waals surface area contributed by atoms with Gasteiger partial charge in [-0.05, 0) is 32.3 Å². The number of aromatic nitrogens is 2. The van der Waals surface area contributed by atoms with Crippen LogP contribution in [0.25, 0.3) is 10.6 Å². The van der Waals surface area contributed by atoms with E-state index in [1.54, 1.807) is 5.38 Å². The summed E-state index contributed by atoms with van der Waals surface area (Å²) >= 11 is 1.34. The fourth-order valence-electron chi connectivity index (χ4n) is 4.16. The van der Waals surface area contributed by atoms with Gasteiger partial charge in [0, 0.05) is 22.7 Å². The number of thiazole rings is 1. The summed E-state index contributed by atoms with van der Waals surface area (Å²) in [5.74, 6) is -0.641. The van der Waals surface area contributed by atoms with E-state index in [4.69, 9.17) is 4.74 Å². The lowest BCUT2D eigenvalue weighted by Crippen LogP contribution is -2.24. The number of amides is 1. The lowest BCUT2D eigenvalue weighted by atomic mass is 10.2. The number of esters is 1. The van der Waals surface area contributed by atoms with Crippen molar-refractivity contribution in [3.05, 3.63) is 58.2 Å². The van der Waals surface area contributed by atoms with Crippen molar-refractivity contribution in [2.24, 2.45) is 0 Å². The molecular formula is C24H24N4O3S. The minimum absolute atomic E-state index is 0.167. The zero-order chi connectivity index (χ0) is 22.7. The minimum Gasteiger partial charge on any atom is -0.451 e. The van der Waals surface area contributed by atoms with E-state index in [-0.39, 0.29) is 11.7 Å². The van der Waals surface area contributed by atoms with Gasteiger partial charge >= 0.3 is 5.97 Å². The van der Waals surface area contributed by atoms with Crippen molar-refractivity contribution in [3.63, 3.8) is 0 Å². The van der Waals surface area contributed by atoms with Gasteiger partial charge in [-0.3, -0.25) is 4.79 Å². The summed E-state index contributed by atoms with van der Waals surface area (Å²) in [7, 11) is 0. The maximum absolute atomic E-state index is 12.6. The summed E-state index contributed by atoms with van der Waals surface area (Å²) in [6.45, 7) is 3.41. The van der Waals surface area contributed by atoms with E-state index in [1.807, 2.05) is 44.2 Å². The number of nitriles is 1. The van der Waals surface area contributed by atoms with Crippen LogP contribution in [0.2, 0.25) is 0 Å². The summed E-state index contributed by atoms with van der Waals surface area (Å²) in [5.41, 5.74) is 3.39. The number of hydrogen-bond acceptors (Lipinski definition) is 6. The Kier molecular flexibility index (Phi) is 6.37. The Morgan fingerprint density at radius 2 is 1.97 bits per heavy atom. The maximum atomic E-state index is 12.6. The summed E-state index contributed by atoms with van der Waals surface area (Å²) in [6.07, 6.45) is 4.30. The van der Waals surface area contributed by atoms with Crippen molar-refractivity contribution >= 4 is 29.0 Å². The number of anilines is 1. The zero-order valence-electron chi connectivity index (χ0n) is 18.1. The molecule has 1 aliphatic rings. The Balaban J connectivity index is 1.44. The topological polar surface area (TPSA) is 97.0 Å². The molecule has 4 rings (SSSR count). The van der Waals surface area contributed by atoms with Gasteiger partial charge in [0.1, 0.15) is 16.9 Å². The molecule has 2 aromatic heterocycles.